The summed E-state index contributed by atoms with van der Waals surface area (Å²) < 4.78 is 0. The van der Waals surface area contributed by atoms with E-state index in [2.05, 4.69) is 15.3 Å². The maximum atomic E-state index is 12.4. The van der Waals surface area contributed by atoms with Crippen molar-refractivity contribution >= 4 is 17.7 Å². The Morgan fingerprint density at radius 2 is 1.96 bits per heavy atom. The number of hydrogen-bond donors (Lipinski definition) is 2. The fourth-order valence-corrected chi connectivity index (χ4v) is 3.09. The molecule has 0 radical (unpaired) electrons. The van der Waals surface area contributed by atoms with Gasteiger partial charge in [0.15, 0.2) is 0 Å². The van der Waals surface area contributed by atoms with Gasteiger partial charge in [-0.3, -0.25) is 24.4 Å². The van der Waals surface area contributed by atoms with Crippen LogP contribution in [0.3, 0.4) is 0 Å². The van der Waals surface area contributed by atoms with Crippen LogP contribution in [0, 0.1) is 5.92 Å². The molecule has 0 bridgehead atoms. The molecular formula is C19H21N5O3. The predicted molar refractivity (Wildman–Crippen MR) is 98.0 cm³/mol. The third-order valence-corrected chi connectivity index (χ3v) is 4.57. The van der Waals surface area contributed by atoms with Crippen molar-refractivity contribution in [2.75, 3.05) is 19.6 Å². The molecule has 1 fully saturated rings. The molecule has 1 aliphatic heterocycles. The number of rotatable bonds is 6. The molecule has 0 spiro atoms. The maximum absolute atomic E-state index is 12.4. The molecule has 3 N–H and O–H groups in total. The molecule has 8 nitrogen and oxygen atoms in total. The Balaban J connectivity index is 1.46. The molecule has 0 aliphatic carbocycles. The molecule has 140 valence electrons. The summed E-state index contributed by atoms with van der Waals surface area (Å²) in [7, 11) is 0. The zero-order chi connectivity index (χ0) is 19.2. The van der Waals surface area contributed by atoms with Gasteiger partial charge in [-0.1, -0.05) is 6.07 Å². The van der Waals surface area contributed by atoms with E-state index in [9.17, 15) is 14.4 Å². The monoisotopic (exact) mass is 367 g/mol. The molecule has 1 unspecified atom stereocenters. The van der Waals surface area contributed by atoms with E-state index in [1.807, 2.05) is 0 Å². The molecule has 27 heavy (non-hydrogen) atoms. The van der Waals surface area contributed by atoms with Crippen molar-refractivity contribution in [3.63, 3.8) is 0 Å². The van der Waals surface area contributed by atoms with E-state index < -0.39 is 5.91 Å². The smallest absolute Gasteiger partial charge is 0.272 e. The minimum Gasteiger partial charge on any atom is -0.366 e. The first kappa shape index (κ1) is 18.5. The van der Waals surface area contributed by atoms with Gasteiger partial charge in [-0.25, -0.2) is 0 Å². The third kappa shape index (κ3) is 4.66. The van der Waals surface area contributed by atoms with Crippen molar-refractivity contribution in [3.8, 4) is 0 Å². The molecule has 3 heterocycles. The lowest BCUT2D eigenvalue weighted by atomic mass is 10.1. The fraction of sp³-hybridized carbons (Fsp3) is 0.316. The van der Waals surface area contributed by atoms with Crippen molar-refractivity contribution in [1.29, 1.82) is 0 Å². The first-order chi connectivity index (χ1) is 13.0. The standard InChI is InChI=1S/C19H21N5O3/c20-17(25)14-5-9-22-16(11-14)18(26)23-8-4-13-6-10-24(12-13)19(27)15-3-1-2-7-21-15/h1-3,5,7,9,11,13H,4,6,8,10,12H2,(H2,20,25)(H,23,26). The summed E-state index contributed by atoms with van der Waals surface area (Å²) in [6, 6.07) is 8.12. The summed E-state index contributed by atoms with van der Waals surface area (Å²) >= 11 is 0. The Morgan fingerprint density at radius 1 is 1.15 bits per heavy atom. The molecule has 3 rings (SSSR count). The van der Waals surface area contributed by atoms with Crippen molar-refractivity contribution in [2.45, 2.75) is 12.8 Å². The van der Waals surface area contributed by atoms with E-state index in [1.165, 1.54) is 18.3 Å². The molecule has 1 atom stereocenters. The van der Waals surface area contributed by atoms with Crippen molar-refractivity contribution in [3.05, 3.63) is 59.7 Å². The number of carbonyl (C=O) groups excluding carboxylic acids is 3. The zero-order valence-electron chi connectivity index (χ0n) is 14.8. The summed E-state index contributed by atoms with van der Waals surface area (Å²) in [4.78, 5) is 45.6. The van der Waals surface area contributed by atoms with Crippen LogP contribution in [0.25, 0.3) is 0 Å². The van der Waals surface area contributed by atoms with Crippen LogP contribution in [0.15, 0.2) is 42.7 Å². The van der Waals surface area contributed by atoms with E-state index in [1.54, 1.807) is 29.3 Å². The topological polar surface area (TPSA) is 118 Å². The van der Waals surface area contributed by atoms with Crippen LogP contribution < -0.4 is 11.1 Å². The van der Waals surface area contributed by atoms with E-state index in [0.29, 0.717) is 31.2 Å². The number of nitrogens with one attached hydrogen (secondary N) is 1. The Morgan fingerprint density at radius 3 is 2.70 bits per heavy atom. The van der Waals surface area contributed by atoms with Gasteiger partial charge in [0.1, 0.15) is 11.4 Å². The number of primary amides is 1. The molecule has 0 saturated carbocycles. The van der Waals surface area contributed by atoms with Crippen LogP contribution in [0.4, 0.5) is 0 Å². The lowest BCUT2D eigenvalue weighted by Crippen LogP contribution is -2.30. The second kappa shape index (κ2) is 8.39. The van der Waals surface area contributed by atoms with Crippen LogP contribution in [0.1, 0.15) is 44.2 Å². The van der Waals surface area contributed by atoms with Gasteiger partial charge in [-0.2, -0.15) is 0 Å². The van der Waals surface area contributed by atoms with Crippen LogP contribution in [0.2, 0.25) is 0 Å². The highest BCUT2D eigenvalue weighted by Gasteiger charge is 2.27. The van der Waals surface area contributed by atoms with Crippen LogP contribution in [-0.2, 0) is 0 Å². The number of pyridine rings is 2. The zero-order valence-corrected chi connectivity index (χ0v) is 14.8. The minimum atomic E-state index is -0.602. The number of nitrogens with two attached hydrogens (primary N) is 1. The van der Waals surface area contributed by atoms with E-state index in [0.717, 1.165) is 12.8 Å². The number of aromatic nitrogens is 2. The summed E-state index contributed by atoms with van der Waals surface area (Å²) in [5, 5.41) is 2.80. The van der Waals surface area contributed by atoms with Gasteiger partial charge >= 0.3 is 0 Å². The maximum Gasteiger partial charge on any atom is 0.272 e. The van der Waals surface area contributed by atoms with E-state index >= 15 is 0 Å². The quantitative estimate of drug-likeness (QED) is 0.785. The average molecular weight is 367 g/mol. The summed E-state index contributed by atoms with van der Waals surface area (Å²) in [6.07, 6.45) is 4.64. The Hall–Kier alpha value is -3.29. The highest BCUT2D eigenvalue weighted by molar-refractivity contribution is 5.97. The largest absolute Gasteiger partial charge is 0.366 e. The number of nitrogens with zero attached hydrogens (tertiary/aromatic N) is 3. The number of amides is 3. The van der Waals surface area contributed by atoms with Gasteiger partial charge in [0.25, 0.3) is 11.8 Å². The van der Waals surface area contributed by atoms with E-state index in [-0.39, 0.29) is 23.1 Å². The highest BCUT2D eigenvalue weighted by atomic mass is 16.2. The molecule has 8 heteroatoms. The second-order valence-electron chi connectivity index (χ2n) is 6.46. The lowest BCUT2D eigenvalue weighted by molar-refractivity contribution is 0.0779. The summed E-state index contributed by atoms with van der Waals surface area (Å²) in [5.74, 6) is -0.690. The molecule has 1 saturated heterocycles. The Bertz CT molecular complexity index is 840. The van der Waals surface area contributed by atoms with Gasteiger partial charge in [-0.05, 0) is 43.0 Å². The van der Waals surface area contributed by atoms with Crippen LogP contribution in [-0.4, -0.2) is 52.2 Å². The summed E-state index contributed by atoms with van der Waals surface area (Å²) in [5.41, 5.74) is 6.06. The molecule has 2 aromatic rings. The van der Waals surface area contributed by atoms with Crippen LogP contribution in [0.5, 0.6) is 0 Å². The molecule has 2 aromatic heterocycles. The normalized spacial score (nSPS) is 16.1. The lowest BCUT2D eigenvalue weighted by Gasteiger charge is -2.16. The second-order valence-corrected chi connectivity index (χ2v) is 6.46. The Labute approximate surface area is 156 Å². The third-order valence-electron chi connectivity index (χ3n) is 4.57. The van der Waals surface area contributed by atoms with Crippen molar-refractivity contribution < 1.29 is 14.4 Å². The predicted octanol–water partition coefficient (Wildman–Crippen LogP) is 0.858. The first-order valence-corrected chi connectivity index (χ1v) is 8.79. The number of hydrogen-bond acceptors (Lipinski definition) is 5. The highest BCUT2D eigenvalue weighted by Crippen LogP contribution is 2.20. The number of carbonyl (C=O) groups is 3. The number of likely N-dealkylation sites (tertiary alicyclic amines) is 1. The molecular weight excluding hydrogens is 346 g/mol. The fourth-order valence-electron chi connectivity index (χ4n) is 3.09. The molecule has 1 aliphatic rings. The van der Waals surface area contributed by atoms with Gasteiger partial charge in [-0.15, -0.1) is 0 Å². The molecule has 0 aromatic carbocycles. The molecule has 3 amide bonds. The van der Waals surface area contributed by atoms with E-state index in [4.69, 9.17) is 5.73 Å². The van der Waals surface area contributed by atoms with Crippen molar-refractivity contribution in [1.82, 2.24) is 20.2 Å². The summed E-state index contributed by atoms with van der Waals surface area (Å²) in [6.45, 7) is 1.81. The minimum absolute atomic E-state index is 0.0606. The SMILES string of the molecule is NC(=O)c1ccnc(C(=O)NCCC2CCN(C(=O)c3ccccn3)C2)c1. The van der Waals surface area contributed by atoms with Crippen molar-refractivity contribution in [2.24, 2.45) is 11.7 Å². The van der Waals surface area contributed by atoms with Crippen LogP contribution >= 0.6 is 0 Å². The average Bonchev–Trinajstić information content (AvgIpc) is 3.17. The Kier molecular flexibility index (Phi) is 5.75. The first-order valence-electron chi connectivity index (χ1n) is 8.79. The van der Waals surface area contributed by atoms with Gasteiger partial charge in [0.05, 0.1) is 0 Å². The van der Waals surface area contributed by atoms with Gasteiger partial charge < -0.3 is 16.0 Å². The van der Waals surface area contributed by atoms with Gasteiger partial charge in [0.2, 0.25) is 5.91 Å². The van der Waals surface area contributed by atoms with Gasteiger partial charge in [0, 0.05) is 37.6 Å².